The topological polar surface area (TPSA) is 205 Å². The molecule has 0 unspecified atom stereocenters. The van der Waals surface area contributed by atoms with Gasteiger partial charge >= 0.3 is 484 Å². The van der Waals surface area contributed by atoms with Crippen LogP contribution in [-0.4, -0.2) is 0 Å². The van der Waals surface area contributed by atoms with Gasteiger partial charge in [-0.2, -0.15) is 0 Å². The summed E-state index contributed by atoms with van der Waals surface area (Å²) in [5, 5.41) is 0. The molecule has 0 fully saturated rings. The van der Waals surface area contributed by atoms with Gasteiger partial charge < -0.3 is 0 Å². The van der Waals surface area contributed by atoms with Gasteiger partial charge in [0.1, 0.15) is 0 Å². The summed E-state index contributed by atoms with van der Waals surface area (Å²) in [7, 11) is 0. The minimum absolute atomic E-state index is 0.0833. The Morgan fingerprint density at radius 2 is 0.125 bits per heavy atom. The molecular weight excluding hydrogens is 1880 g/mol. The first kappa shape index (κ1) is 76.9. The Hall–Kier alpha value is 14.0. The van der Waals surface area contributed by atoms with Gasteiger partial charge in [-0.05, 0) is 0 Å². The average Bonchev–Trinajstić information content (AvgIpc) is 2.84. The number of hydrogen-bond acceptors (Lipinski definition) is 12. The summed E-state index contributed by atoms with van der Waals surface area (Å²) in [5.74, 6) is 0. The van der Waals surface area contributed by atoms with Crippen LogP contribution in [0.4, 0.5) is 0 Å². The molecule has 12 nitrogen and oxygen atoms in total. The zero-order chi connectivity index (χ0) is 24.0. The molecule has 0 amide bonds. The summed E-state index contributed by atoms with van der Waals surface area (Å²) in [6, 6.07) is 0. The van der Waals surface area contributed by atoms with E-state index in [9.17, 15) is 0 Å². The maximum atomic E-state index is 8.42. The van der Waals surface area contributed by atoms with Gasteiger partial charge in [0, 0.05) is 0 Å². The molecule has 0 N–H and O–H groups in total. The molecule has 108 valence electrons. The first-order chi connectivity index (χ1) is 12.0. The molecule has 0 bridgehead atoms. The molecule has 24 heavy (non-hydrogen) atoms. The van der Waals surface area contributed by atoms with Gasteiger partial charge in [0.25, 0.3) is 0 Å². The average molecular weight is 1880 g/mol. The molecule has 0 aliphatic rings. The van der Waals surface area contributed by atoms with E-state index >= 15 is 0 Å². The van der Waals surface area contributed by atoms with Crippen molar-refractivity contribution in [2.75, 3.05) is 0 Å². The molecule has 24 heteroatoms. The maximum absolute atomic E-state index is 8.42. The molecule has 0 atom stereocenters. The molecule has 0 saturated carbocycles. The van der Waals surface area contributed by atoms with E-state index in [1.807, 2.05) is 0 Å². The van der Waals surface area contributed by atoms with Crippen molar-refractivity contribution in [2.45, 2.75) is 0 Å². The predicted molar refractivity (Wildman–Crippen MR) is 8.24 cm³/mol. The van der Waals surface area contributed by atoms with Crippen LogP contribution < -0.4 is 0 Å². The van der Waals surface area contributed by atoms with Crippen molar-refractivity contribution in [3.05, 3.63) is 0 Å². The second-order valence-corrected chi connectivity index (χ2v) is 0. The SMILES string of the molecule is [O]=[Pr].[O]=[Pr].[O]=[Pr].[O]=[Pr].[O]=[Pr].[O]=[Pr].[O]=[Pr].[O]=[Pr].[O]=[Pr].[O]=[Pr].[O]=[Pr].[O]=[Pr]. The van der Waals surface area contributed by atoms with E-state index < -0.39 is 0 Å². The molecule has 0 aliphatic carbocycles. The van der Waals surface area contributed by atoms with E-state index in [2.05, 4.69) is 0 Å². The van der Waals surface area contributed by atoms with Crippen LogP contribution in [-0.2, 0) is 11.9 Å². The van der Waals surface area contributed by atoms with E-state index in [1.54, 1.807) is 0 Å². The van der Waals surface area contributed by atoms with Gasteiger partial charge in [0.05, 0.1) is 0 Å². The van der Waals surface area contributed by atoms with Crippen LogP contribution in [0.2, 0.25) is 0 Å². The van der Waals surface area contributed by atoms with Gasteiger partial charge in [-0.3, -0.25) is 0 Å². The molecule has 0 radical (unpaired) electrons. The van der Waals surface area contributed by atoms with Crippen molar-refractivity contribution < 1.29 is 484 Å². The Balaban J connectivity index is -0.00000000655. The minimum atomic E-state index is -0.0833. The first-order valence-electron chi connectivity index (χ1n) is 2.83. The Morgan fingerprint density at radius 1 is 0.125 bits per heavy atom. The van der Waals surface area contributed by atoms with Crippen molar-refractivity contribution >= 4 is 0 Å². The standard InChI is InChI=1S/12O.12Pr. The molecule has 0 saturated heterocycles. The van der Waals surface area contributed by atoms with Gasteiger partial charge in [-0.15, -0.1) is 0 Å². The summed E-state index contributed by atoms with van der Waals surface area (Å²) >= 11 is -1.00. The van der Waals surface area contributed by atoms with Gasteiger partial charge in [0.2, 0.25) is 0 Å². The van der Waals surface area contributed by atoms with Crippen molar-refractivity contribution in [1.29, 1.82) is 0 Å². The van der Waals surface area contributed by atoms with Crippen LogP contribution in [0.3, 0.4) is 0 Å². The molecule has 0 spiro atoms. The molecule has 0 aromatic rings. The Morgan fingerprint density at radius 3 is 0.125 bits per heavy atom. The van der Waals surface area contributed by atoms with Crippen molar-refractivity contribution in [1.82, 2.24) is 0 Å². The predicted octanol–water partition coefficient (Wildman–Crippen LogP) is -1.43. The number of hydrogen-bond donors (Lipinski definition) is 0. The van der Waals surface area contributed by atoms with Crippen LogP contribution in [0, 0.1) is 472 Å². The summed E-state index contributed by atoms with van der Waals surface area (Å²) < 4.78 is 101. The van der Waals surface area contributed by atoms with Crippen LogP contribution in [0.5, 0.6) is 0 Å². The van der Waals surface area contributed by atoms with Crippen LogP contribution in [0.1, 0.15) is 0 Å². The first-order valence-corrected chi connectivity index (χ1v) is 21.0. The third-order valence-electron chi connectivity index (χ3n) is 0. The fourth-order valence-electron chi connectivity index (χ4n) is 0. The van der Waals surface area contributed by atoms with E-state index in [0.29, 0.717) is 0 Å². The summed E-state index contributed by atoms with van der Waals surface area (Å²) in [6.07, 6.45) is 0. The Kier molecular flexibility index (Phi) is 786. The third-order valence-corrected chi connectivity index (χ3v) is 0. The Bertz CT molecular complexity index is 67.0. The fraction of sp³-hybridized carbons (Fsp3) is 0. The van der Waals surface area contributed by atoms with Crippen molar-refractivity contribution in [3.63, 3.8) is 0 Å². The molecule has 0 aliphatic heterocycles. The van der Waals surface area contributed by atoms with Crippen molar-refractivity contribution in [2.24, 2.45) is 0 Å². The Labute approximate surface area is 463 Å². The van der Waals surface area contributed by atoms with E-state index in [4.69, 9.17) is 11.9 Å². The van der Waals surface area contributed by atoms with Gasteiger partial charge in [-0.25, -0.2) is 0 Å². The number of rotatable bonds is 0. The van der Waals surface area contributed by atoms with E-state index in [0.717, 1.165) is 0 Å². The summed E-state index contributed by atoms with van der Waals surface area (Å²) in [6.45, 7) is 0. The fourth-order valence-corrected chi connectivity index (χ4v) is 0. The van der Waals surface area contributed by atoms with E-state index in [-0.39, 0.29) is 472 Å². The van der Waals surface area contributed by atoms with Gasteiger partial charge in [0.15, 0.2) is 0 Å². The van der Waals surface area contributed by atoms with Gasteiger partial charge in [-0.1, -0.05) is 0 Å². The zero-order valence-corrected chi connectivity index (χ0v) is 56.3. The molecular formula is O12Pr12. The quantitative estimate of drug-likeness (QED) is 0.274. The third kappa shape index (κ3) is 225. The van der Waals surface area contributed by atoms with Crippen LogP contribution in [0.15, 0.2) is 0 Å². The van der Waals surface area contributed by atoms with Crippen LogP contribution >= 0.6 is 0 Å². The van der Waals surface area contributed by atoms with Crippen molar-refractivity contribution in [3.8, 4) is 0 Å². The molecule has 0 rings (SSSR count). The summed E-state index contributed by atoms with van der Waals surface area (Å²) in [5.41, 5.74) is 0. The summed E-state index contributed by atoms with van der Waals surface area (Å²) in [4.78, 5) is 0. The molecule has 0 heterocycles. The second-order valence-electron chi connectivity index (χ2n) is 0. The van der Waals surface area contributed by atoms with E-state index in [1.165, 1.54) is 0 Å². The second kappa shape index (κ2) is 245. The normalized spacial score (nSPS) is 3.00. The molecule has 0 aromatic heterocycles. The molecule has 0 aromatic carbocycles. The monoisotopic (exact) mass is 1880 g/mol. The van der Waals surface area contributed by atoms with Crippen LogP contribution in [0.25, 0.3) is 0 Å². The zero-order valence-electron chi connectivity index (χ0n) is 11.8.